The largest absolute Gasteiger partial charge is 0.508 e. The highest BCUT2D eigenvalue weighted by Gasteiger charge is 2.40. The van der Waals surface area contributed by atoms with E-state index in [-0.39, 0.29) is 11.7 Å². The number of likely N-dealkylation sites (tertiary alicyclic amines) is 1. The second kappa shape index (κ2) is 4.98. The van der Waals surface area contributed by atoms with Gasteiger partial charge in [-0.2, -0.15) is 0 Å². The number of aromatic hydroxyl groups is 1. The predicted molar refractivity (Wildman–Crippen MR) is 68.7 cm³/mol. The van der Waals surface area contributed by atoms with Gasteiger partial charge in [0.2, 0.25) is 0 Å². The number of carboxylic acid groups (broad SMARTS) is 1. The summed E-state index contributed by atoms with van der Waals surface area (Å²) in [5, 5.41) is 19.2. The van der Waals surface area contributed by atoms with Crippen molar-refractivity contribution in [3.8, 4) is 5.75 Å². The molecule has 2 rings (SSSR count). The minimum absolute atomic E-state index is 0.133. The molecule has 1 aromatic rings. The molecule has 1 aliphatic heterocycles. The summed E-state index contributed by atoms with van der Waals surface area (Å²) in [6, 6.07) is 7.35. The molecule has 2 atom stereocenters. The van der Waals surface area contributed by atoms with E-state index in [0.717, 1.165) is 5.56 Å². The first-order valence-electron chi connectivity index (χ1n) is 6.25. The van der Waals surface area contributed by atoms with E-state index >= 15 is 0 Å². The summed E-state index contributed by atoms with van der Waals surface area (Å²) in [6.07, 6.45) is 0. The number of phenolic OH excluding ortho intramolecular Hbond substituents is 1. The predicted octanol–water partition coefficient (Wildman–Crippen LogP) is 1.90. The van der Waals surface area contributed by atoms with E-state index in [2.05, 4.69) is 18.7 Å². The maximum Gasteiger partial charge on any atom is 0.308 e. The third-order valence-electron chi connectivity index (χ3n) is 3.73. The second-order valence-corrected chi connectivity index (χ2v) is 5.16. The average molecular weight is 249 g/mol. The van der Waals surface area contributed by atoms with Crippen molar-refractivity contribution in [2.45, 2.75) is 25.8 Å². The van der Waals surface area contributed by atoms with Crippen LogP contribution in [0.25, 0.3) is 0 Å². The van der Waals surface area contributed by atoms with Gasteiger partial charge in [-0.05, 0) is 25.5 Å². The lowest BCUT2D eigenvalue weighted by atomic mass is 9.88. The van der Waals surface area contributed by atoms with Crippen LogP contribution in [0.15, 0.2) is 24.3 Å². The normalized spacial score (nSPS) is 24.6. The summed E-state index contributed by atoms with van der Waals surface area (Å²) in [4.78, 5) is 13.5. The van der Waals surface area contributed by atoms with Crippen LogP contribution < -0.4 is 0 Å². The van der Waals surface area contributed by atoms with E-state index in [1.54, 1.807) is 12.1 Å². The molecule has 1 aliphatic rings. The number of carboxylic acids is 1. The highest BCUT2D eigenvalue weighted by Crippen LogP contribution is 2.37. The van der Waals surface area contributed by atoms with Gasteiger partial charge >= 0.3 is 5.97 Å². The summed E-state index contributed by atoms with van der Waals surface area (Å²) in [6.45, 7) is 5.36. The summed E-state index contributed by atoms with van der Waals surface area (Å²) in [5.41, 5.74) is 0.744. The molecule has 0 saturated carbocycles. The minimum Gasteiger partial charge on any atom is -0.508 e. The molecule has 0 amide bonds. The first-order valence-corrected chi connectivity index (χ1v) is 6.25. The molecular weight excluding hydrogens is 230 g/mol. The van der Waals surface area contributed by atoms with Crippen LogP contribution in [0.5, 0.6) is 5.75 Å². The quantitative estimate of drug-likeness (QED) is 0.859. The van der Waals surface area contributed by atoms with Crippen LogP contribution in [0.3, 0.4) is 0 Å². The molecule has 4 nitrogen and oxygen atoms in total. The van der Waals surface area contributed by atoms with E-state index in [4.69, 9.17) is 0 Å². The van der Waals surface area contributed by atoms with Crippen molar-refractivity contribution in [3.05, 3.63) is 29.8 Å². The first-order chi connectivity index (χ1) is 8.50. The molecule has 0 radical (unpaired) electrons. The van der Waals surface area contributed by atoms with Crippen LogP contribution in [0.4, 0.5) is 0 Å². The van der Waals surface area contributed by atoms with E-state index in [9.17, 15) is 15.0 Å². The third-order valence-corrected chi connectivity index (χ3v) is 3.73. The lowest BCUT2D eigenvalue weighted by Gasteiger charge is -2.20. The van der Waals surface area contributed by atoms with Gasteiger partial charge in [-0.25, -0.2) is 0 Å². The zero-order valence-corrected chi connectivity index (χ0v) is 10.7. The molecule has 0 aliphatic carbocycles. The molecule has 2 unspecified atom stereocenters. The number of benzene rings is 1. The third kappa shape index (κ3) is 2.34. The van der Waals surface area contributed by atoms with Crippen molar-refractivity contribution in [3.63, 3.8) is 0 Å². The Morgan fingerprint density at radius 2 is 2.00 bits per heavy atom. The summed E-state index contributed by atoms with van der Waals surface area (Å²) < 4.78 is 0. The summed E-state index contributed by atoms with van der Waals surface area (Å²) in [7, 11) is 0. The molecule has 0 bridgehead atoms. The zero-order chi connectivity index (χ0) is 13.3. The molecule has 1 saturated heterocycles. The van der Waals surface area contributed by atoms with Gasteiger partial charge in [-0.1, -0.05) is 18.2 Å². The number of para-hydroxylation sites is 1. The van der Waals surface area contributed by atoms with Gasteiger partial charge in [-0.3, -0.25) is 9.69 Å². The molecule has 1 aromatic carbocycles. The van der Waals surface area contributed by atoms with Gasteiger partial charge < -0.3 is 10.2 Å². The number of phenols is 1. The number of rotatable bonds is 3. The van der Waals surface area contributed by atoms with Crippen molar-refractivity contribution >= 4 is 5.97 Å². The lowest BCUT2D eigenvalue weighted by molar-refractivity contribution is -0.141. The van der Waals surface area contributed by atoms with Gasteiger partial charge in [0, 0.05) is 25.0 Å². The van der Waals surface area contributed by atoms with Crippen LogP contribution >= 0.6 is 0 Å². The molecule has 18 heavy (non-hydrogen) atoms. The maximum atomic E-state index is 11.4. The SMILES string of the molecule is CC(C)N1CC(C(=O)O)C(c2ccccc2O)C1. The Morgan fingerprint density at radius 3 is 2.56 bits per heavy atom. The number of hydrogen-bond donors (Lipinski definition) is 2. The van der Waals surface area contributed by atoms with Crippen molar-refractivity contribution < 1.29 is 15.0 Å². The fourth-order valence-electron chi connectivity index (χ4n) is 2.62. The molecule has 98 valence electrons. The number of hydrogen-bond acceptors (Lipinski definition) is 3. The molecular formula is C14H19NO3. The topological polar surface area (TPSA) is 60.8 Å². The van der Waals surface area contributed by atoms with Crippen molar-refractivity contribution in [2.24, 2.45) is 5.92 Å². The molecule has 0 spiro atoms. The van der Waals surface area contributed by atoms with Crippen LogP contribution in [-0.2, 0) is 4.79 Å². The van der Waals surface area contributed by atoms with E-state index < -0.39 is 11.9 Å². The van der Waals surface area contributed by atoms with Gasteiger partial charge in [0.25, 0.3) is 0 Å². The smallest absolute Gasteiger partial charge is 0.308 e. The summed E-state index contributed by atoms with van der Waals surface area (Å²) >= 11 is 0. The summed E-state index contributed by atoms with van der Waals surface area (Å²) in [5.74, 6) is -1.17. The Hall–Kier alpha value is -1.55. The average Bonchev–Trinajstić information content (AvgIpc) is 2.74. The van der Waals surface area contributed by atoms with Crippen LogP contribution in [0, 0.1) is 5.92 Å². The van der Waals surface area contributed by atoms with Gasteiger partial charge in [-0.15, -0.1) is 0 Å². The van der Waals surface area contributed by atoms with Crippen LogP contribution in [0.2, 0.25) is 0 Å². The number of aliphatic carboxylic acids is 1. The van der Waals surface area contributed by atoms with Gasteiger partial charge in [0.1, 0.15) is 5.75 Å². The van der Waals surface area contributed by atoms with Gasteiger partial charge in [0.15, 0.2) is 0 Å². The standard InChI is InChI=1S/C14H19NO3/c1-9(2)15-7-11(12(8-15)14(17)18)10-5-3-4-6-13(10)16/h3-6,9,11-12,16H,7-8H2,1-2H3,(H,17,18). The molecule has 2 N–H and O–H groups in total. The monoisotopic (exact) mass is 249 g/mol. The Bertz CT molecular complexity index is 444. The Kier molecular flexibility index (Phi) is 3.57. The van der Waals surface area contributed by atoms with E-state index in [0.29, 0.717) is 19.1 Å². The second-order valence-electron chi connectivity index (χ2n) is 5.16. The number of nitrogens with zero attached hydrogens (tertiary/aromatic N) is 1. The highest BCUT2D eigenvalue weighted by molar-refractivity contribution is 5.72. The Morgan fingerprint density at radius 1 is 1.33 bits per heavy atom. The molecule has 0 aromatic heterocycles. The molecule has 1 heterocycles. The van der Waals surface area contributed by atoms with Gasteiger partial charge in [0.05, 0.1) is 5.92 Å². The van der Waals surface area contributed by atoms with Crippen molar-refractivity contribution in [1.29, 1.82) is 0 Å². The maximum absolute atomic E-state index is 11.4. The number of carbonyl (C=O) groups is 1. The van der Waals surface area contributed by atoms with Crippen LogP contribution in [0.1, 0.15) is 25.3 Å². The van der Waals surface area contributed by atoms with E-state index in [1.165, 1.54) is 0 Å². The van der Waals surface area contributed by atoms with Crippen molar-refractivity contribution in [2.75, 3.05) is 13.1 Å². The Labute approximate surface area is 107 Å². The zero-order valence-electron chi connectivity index (χ0n) is 10.7. The van der Waals surface area contributed by atoms with Crippen LogP contribution in [-0.4, -0.2) is 40.2 Å². The minimum atomic E-state index is -0.786. The molecule has 4 heteroatoms. The fourth-order valence-corrected chi connectivity index (χ4v) is 2.62. The lowest BCUT2D eigenvalue weighted by Crippen LogP contribution is -2.29. The highest BCUT2D eigenvalue weighted by atomic mass is 16.4. The molecule has 1 fully saturated rings. The Balaban J connectivity index is 2.30. The first kappa shape index (κ1) is 12.9. The fraction of sp³-hybridized carbons (Fsp3) is 0.500. The van der Waals surface area contributed by atoms with E-state index in [1.807, 2.05) is 12.1 Å². The van der Waals surface area contributed by atoms with Crippen molar-refractivity contribution in [1.82, 2.24) is 4.90 Å².